The first kappa shape index (κ1) is 16.5. The molecule has 120 valence electrons. The summed E-state index contributed by atoms with van der Waals surface area (Å²) in [4.78, 5) is 26.0. The summed E-state index contributed by atoms with van der Waals surface area (Å²) in [5.41, 5.74) is 2.71. The number of carboxylic acid groups (broad SMARTS) is 1. The molecule has 1 aliphatic heterocycles. The van der Waals surface area contributed by atoms with Crippen molar-refractivity contribution < 1.29 is 14.7 Å². The van der Waals surface area contributed by atoms with Crippen LogP contribution in [0.4, 0.5) is 0 Å². The van der Waals surface area contributed by atoms with E-state index in [2.05, 4.69) is 0 Å². The van der Waals surface area contributed by atoms with E-state index in [0.29, 0.717) is 0 Å². The lowest BCUT2D eigenvalue weighted by atomic mass is 9.90. The van der Waals surface area contributed by atoms with Gasteiger partial charge in [-0.3, -0.25) is 9.59 Å². The second-order valence-electron chi connectivity index (χ2n) is 6.25. The molecule has 1 saturated heterocycles. The topological polar surface area (TPSA) is 57.6 Å². The van der Waals surface area contributed by atoms with E-state index >= 15 is 0 Å². The van der Waals surface area contributed by atoms with E-state index in [9.17, 15) is 14.7 Å². The van der Waals surface area contributed by atoms with Crippen molar-refractivity contribution in [2.75, 3.05) is 13.1 Å². The minimum absolute atomic E-state index is 0.0322. The minimum Gasteiger partial charge on any atom is -0.481 e. The van der Waals surface area contributed by atoms with Crippen LogP contribution in [0.15, 0.2) is 18.2 Å². The summed E-state index contributed by atoms with van der Waals surface area (Å²) in [6.45, 7) is 5.37. The number of carboxylic acids is 1. The van der Waals surface area contributed by atoms with Crippen LogP contribution in [-0.4, -0.2) is 35.0 Å². The van der Waals surface area contributed by atoms with Crippen molar-refractivity contribution in [1.29, 1.82) is 0 Å². The second-order valence-corrected chi connectivity index (χ2v) is 6.25. The smallest absolute Gasteiger partial charge is 0.311 e. The van der Waals surface area contributed by atoms with Gasteiger partial charge >= 0.3 is 5.97 Å². The van der Waals surface area contributed by atoms with Gasteiger partial charge in [-0.15, -0.1) is 0 Å². The molecule has 4 nitrogen and oxygen atoms in total. The first-order valence-corrected chi connectivity index (χ1v) is 8.07. The van der Waals surface area contributed by atoms with Crippen molar-refractivity contribution in [3.05, 3.63) is 34.9 Å². The Balaban J connectivity index is 2.16. The van der Waals surface area contributed by atoms with Crippen molar-refractivity contribution in [2.24, 2.45) is 0 Å². The summed E-state index contributed by atoms with van der Waals surface area (Å²) < 4.78 is 0. The number of hydrogen-bond donors (Lipinski definition) is 1. The molecular formula is C18H25NO3. The van der Waals surface area contributed by atoms with Gasteiger partial charge in [0.05, 0.1) is 5.92 Å². The zero-order chi connectivity index (χ0) is 16.1. The lowest BCUT2D eigenvalue weighted by molar-refractivity contribution is -0.142. The Labute approximate surface area is 132 Å². The van der Waals surface area contributed by atoms with Crippen molar-refractivity contribution in [3.63, 3.8) is 0 Å². The van der Waals surface area contributed by atoms with Gasteiger partial charge < -0.3 is 10.0 Å². The molecule has 1 amide bonds. The highest BCUT2D eigenvalue weighted by Gasteiger charge is 2.27. The van der Waals surface area contributed by atoms with Gasteiger partial charge in [0.25, 0.3) is 0 Å². The molecule has 0 radical (unpaired) electrons. The zero-order valence-electron chi connectivity index (χ0n) is 13.5. The van der Waals surface area contributed by atoms with Crippen LogP contribution < -0.4 is 0 Å². The number of aryl methyl sites for hydroxylation is 2. The van der Waals surface area contributed by atoms with Gasteiger partial charge in [-0.1, -0.05) is 36.6 Å². The summed E-state index contributed by atoms with van der Waals surface area (Å²) in [7, 11) is 0. The fourth-order valence-corrected chi connectivity index (χ4v) is 3.09. The lowest BCUT2D eigenvalue weighted by Crippen LogP contribution is -2.34. The van der Waals surface area contributed by atoms with E-state index in [0.717, 1.165) is 55.5 Å². The Bertz CT molecular complexity index is 545. The maximum atomic E-state index is 12.5. The summed E-state index contributed by atoms with van der Waals surface area (Å²) in [5.74, 6) is -1.71. The summed E-state index contributed by atoms with van der Waals surface area (Å²) in [6, 6.07) is 5.79. The monoisotopic (exact) mass is 303 g/mol. The van der Waals surface area contributed by atoms with Crippen LogP contribution in [0, 0.1) is 13.8 Å². The molecule has 1 fully saturated rings. The fourth-order valence-electron chi connectivity index (χ4n) is 3.09. The number of nitrogens with zero attached hydrogens (tertiary/aromatic N) is 1. The number of carbonyl (C=O) groups is 2. The normalized spacial score (nSPS) is 16.9. The number of hydrogen-bond acceptors (Lipinski definition) is 2. The molecule has 2 rings (SSSR count). The third-order valence-corrected chi connectivity index (χ3v) is 4.45. The molecule has 22 heavy (non-hydrogen) atoms. The van der Waals surface area contributed by atoms with Gasteiger partial charge in [-0.2, -0.15) is 0 Å². The van der Waals surface area contributed by atoms with Crippen LogP contribution in [0.3, 0.4) is 0 Å². The van der Waals surface area contributed by atoms with Crippen LogP contribution in [0.5, 0.6) is 0 Å². The molecule has 1 N–H and O–H groups in total. The second kappa shape index (κ2) is 7.43. The summed E-state index contributed by atoms with van der Waals surface area (Å²) in [5, 5.41) is 9.57. The highest BCUT2D eigenvalue weighted by Crippen LogP contribution is 2.26. The van der Waals surface area contributed by atoms with Crippen molar-refractivity contribution in [1.82, 2.24) is 4.90 Å². The average Bonchev–Trinajstić information content (AvgIpc) is 2.76. The van der Waals surface area contributed by atoms with Crippen molar-refractivity contribution >= 4 is 11.9 Å². The maximum absolute atomic E-state index is 12.5. The molecule has 4 heteroatoms. The third-order valence-electron chi connectivity index (χ3n) is 4.45. The molecule has 1 unspecified atom stereocenters. The number of carbonyl (C=O) groups excluding carboxylic acids is 1. The van der Waals surface area contributed by atoms with E-state index in [1.807, 2.05) is 36.9 Å². The fraction of sp³-hybridized carbons (Fsp3) is 0.556. The molecular weight excluding hydrogens is 278 g/mol. The standard InChI is InChI=1S/C18H25NO3/c1-13-7-8-14(2)15(11-13)16(18(21)22)12-17(20)19-9-5-3-4-6-10-19/h7-8,11,16H,3-6,9-10,12H2,1-2H3,(H,21,22). The molecule has 1 heterocycles. The SMILES string of the molecule is Cc1ccc(C)c(C(CC(=O)N2CCCCCC2)C(=O)O)c1. The third kappa shape index (κ3) is 4.09. The molecule has 1 aromatic rings. The Hall–Kier alpha value is -1.84. The predicted molar refractivity (Wildman–Crippen MR) is 86.0 cm³/mol. The Morgan fingerprint density at radius 1 is 1.14 bits per heavy atom. The van der Waals surface area contributed by atoms with Crippen molar-refractivity contribution in [2.45, 2.75) is 51.9 Å². The maximum Gasteiger partial charge on any atom is 0.311 e. The van der Waals surface area contributed by atoms with E-state index in [-0.39, 0.29) is 12.3 Å². The lowest BCUT2D eigenvalue weighted by Gasteiger charge is -2.23. The van der Waals surface area contributed by atoms with Crippen LogP contribution in [-0.2, 0) is 9.59 Å². The van der Waals surface area contributed by atoms with Crippen LogP contribution >= 0.6 is 0 Å². The van der Waals surface area contributed by atoms with Gasteiger partial charge in [0.15, 0.2) is 0 Å². The first-order chi connectivity index (χ1) is 10.5. The first-order valence-electron chi connectivity index (χ1n) is 8.07. The van der Waals surface area contributed by atoms with Gasteiger partial charge in [0, 0.05) is 19.5 Å². The van der Waals surface area contributed by atoms with Gasteiger partial charge in [-0.25, -0.2) is 0 Å². The highest BCUT2D eigenvalue weighted by molar-refractivity contribution is 5.86. The van der Waals surface area contributed by atoms with Crippen molar-refractivity contribution in [3.8, 4) is 0 Å². The van der Waals surface area contributed by atoms with E-state index < -0.39 is 11.9 Å². The summed E-state index contributed by atoms with van der Waals surface area (Å²) >= 11 is 0. The number of amides is 1. The van der Waals surface area contributed by atoms with E-state index in [1.54, 1.807) is 0 Å². The van der Waals surface area contributed by atoms with E-state index in [4.69, 9.17) is 0 Å². The van der Waals surface area contributed by atoms with Crippen LogP contribution in [0.25, 0.3) is 0 Å². The van der Waals surface area contributed by atoms with Gasteiger partial charge in [0.2, 0.25) is 5.91 Å². The minimum atomic E-state index is -0.920. The highest BCUT2D eigenvalue weighted by atomic mass is 16.4. The van der Waals surface area contributed by atoms with Crippen LogP contribution in [0.1, 0.15) is 54.7 Å². The molecule has 0 spiro atoms. The zero-order valence-corrected chi connectivity index (χ0v) is 13.5. The number of likely N-dealkylation sites (tertiary alicyclic amines) is 1. The molecule has 0 saturated carbocycles. The Morgan fingerprint density at radius 3 is 2.36 bits per heavy atom. The molecule has 0 aromatic heterocycles. The largest absolute Gasteiger partial charge is 0.481 e. The van der Waals surface area contributed by atoms with Gasteiger partial charge in [0.1, 0.15) is 0 Å². The number of benzene rings is 1. The molecule has 0 bridgehead atoms. The number of rotatable bonds is 4. The molecule has 1 aliphatic rings. The quantitative estimate of drug-likeness (QED) is 0.928. The Kier molecular flexibility index (Phi) is 5.58. The number of aliphatic carboxylic acids is 1. The van der Waals surface area contributed by atoms with E-state index in [1.165, 1.54) is 0 Å². The Morgan fingerprint density at radius 2 is 1.77 bits per heavy atom. The predicted octanol–water partition coefficient (Wildman–Crippen LogP) is 3.26. The molecule has 0 aliphatic carbocycles. The summed E-state index contributed by atoms with van der Waals surface area (Å²) in [6.07, 6.45) is 4.41. The van der Waals surface area contributed by atoms with Crippen LogP contribution in [0.2, 0.25) is 0 Å². The van der Waals surface area contributed by atoms with Gasteiger partial charge in [-0.05, 0) is 37.8 Å². The molecule has 1 atom stereocenters. The molecule has 1 aromatic carbocycles. The average molecular weight is 303 g/mol.